The number of hydrogen-bond acceptors (Lipinski definition) is 5. The van der Waals surface area contributed by atoms with E-state index in [0.29, 0.717) is 10.1 Å². The Hall–Kier alpha value is -1.95. The fraction of sp³-hybridized carbons (Fsp3) is 0.357. The molecule has 0 saturated carbocycles. The number of rotatable bonds is 5. The molecule has 20 heavy (non-hydrogen) atoms. The maximum absolute atomic E-state index is 12.0. The lowest BCUT2D eigenvalue weighted by molar-refractivity contribution is 0.0908. The van der Waals surface area contributed by atoms with Gasteiger partial charge in [0.25, 0.3) is 5.91 Å². The fourth-order valence-corrected chi connectivity index (χ4v) is 2.36. The van der Waals surface area contributed by atoms with Crippen LogP contribution >= 0.6 is 11.3 Å². The highest BCUT2D eigenvalue weighted by molar-refractivity contribution is 7.16. The highest BCUT2D eigenvalue weighted by atomic mass is 32.1. The second-order valence-corrected chi connectivity index (χ2v) is 6.28. The Morgan fingerprint density at radius 2 is 2.00 bits per heavy atom. The number of carbonyl (C=O) groups is 1. The first-order valence-electron chi connectivity index (χ1n) is 6.42. The van der Waals surface area contributed by atoms with Crippen molar-refractivity contribution in [2.24, 2.45) is 0 Å². The zero-order valence-electron chi connectivity index (χ0n) is 11.6. The maximum atomic E-state index is 12.0. The van der Waals surface area contributed by atoms with Gasteiger partial charge in [-0.05, 0) is 32.3 Å². The van der Waals surface area contributed by atoms with Gasteiger partial charge in [0.1, 0.15) is 0 Å². The van der Waals surface area contributed by atoms with Crippen molar-refractivity contribution in [2.45, 2.75) is 32.2 Å². The number of nitrogens with one attached hydrogen (secondary N) is 1. The van der Waals surface area contributed by atoms with Crippen LogP contribution in [0.1, 0.15) is 35.6 Å². The first-order valence-corrected chi connectivity index (χ1v) is 7.23. The summed E-state index contributed by atoms with van der Waals surface area (Å²) in [4.78, 5) is 12.0. The Morgan fingerprint density at radius 1 is 1.30 bits per heavy atom. The molecule has 1 amide bonds. The summed E-state index contributed by atoms with van der Waals surface area (Å²) >= 11 is 1.09. The number of carbonyl (C=O) groups excluding carboxylic acids is 1. The third kappa shape index (κ3) is 4.03. The van der Waals surface area contributed by atoms with Gasteiger partial charge in [-0.3, -0.25) is 4.79 Å². The SMILES string of the molecule is CC(C)(CCc1ccccc1)NC(=O)c1nnc(N)s1. The predicted octanol–water partition coefficient (Wildman–Crippen LogP) is 2.26. The standard InChI is InChI=1S/C14H18N4OS/c1-14(2,9-8-10-6-4-3-5-7-10)16-11(19)12-17-18-13(15)20-12/h3-7H,8-9H2,1-2H3,(H2,15,18)(H,16,19). The number of nitrogens with two attached hydrogens (primary N) is 1. The van der Waals surface area contributed by atoms with Gasteiger partial charge < -0.3 is 11.1 Å². The zero-order chi connectivity index (χ0) is 14.6. The van der Waals surface area contributed by atoms with Gasteiger partial charge in [-0.1, -0.05) is 41.7 Å². The molecule has 0 atom stereocenters. The monoisotopic (exact) mass is 290 g/mol. The number of amides is 1. The fourth-order valence-electron chi connectivity index (χ4n) is 1.85. The van der Waals surface area contributed by atoms with Gasteiger partial charge in [-0.15, -0.1) is 10.2 Å². The zero-order valence-corrected chi connectivity index (χ0v) is 12.4. The molecule has 3 N–H and O–H groups in total. The lowest BCUT2D eigenvalue weighted by Gasteiger charge is -2.25. The van der Waals surface area contributed by atoms with Crippen LogP contribution in [0.3, 0.4) is 0 Å². The van der Waals surface area contributed by atoms with Crippen molar-refractivity contribution in [1.29, 1.82) is 0 Å². The van der Waals surface area contributed by atoms with Crippen LogP contribution in [0.5, 0.6) is 0 Å². The third-order valence-electron chi connectivity index (χ3n) is 2.97. The molecule has 0 unspecified atom stereocenters. The first-order chi connectivity index (χ1) is 9.46. The number of benzene rings is 1. The molecule has 1 aromatic carbocycles. The summed E-state index contributed by atoms with van der Waals surface area (Å²) in [5.41, 5.74) is 6.43. The van der Waals surface area contributed by atoms with E-state index < -0.39 is 0 Å². The maximum Gasteiger partial charge on any atom is 0.282 e. The van der Waals surface area contributed by atoms with Crippen LogP contribution in [0.4, 0.5) is 5.13 Å². The molecule has 0 radical (unpaired) electrons. The Bertz CT molecular complexity index is 580. The third-order valence-corrected chi connectivity index (χ3v) is 3.72. The summed E-state index contributed by atoms with van der Waals surface area (Å²) < 4.78 is 0. The second-order valence-electron chi connectivity index (χ2n) is 5.27. The van der Waals surface area contributed by atoms with Gasteiger partial charge in [0.2, 0.25) is 10.1 Å². The van der Waals surface area contributed by atoms with Crippen LogP contribution in [-0.4, -0.2) is 21.6 Å². The highest BCUT2D eigenvalue weighted by Gasteiger charge is 2.23. The van der Waals surface area contributed by atoms with Gasteiger partial charge in [-0.2, -0.15) is 0 Å². The van der Waals surface area contributed by atoms with E-state index in [1.807, 2.05) is 32.0 Å². The quantitative estimate of drug-likeness (QED) is 0.885. The van der Waals surface area contributed by atoms with Gasteiger partial charge >= 0.3 is 0 Å². The van der Waals surface area contributed by atoms with E-state index in [0.717, 1.165) is 24.2 Å². The smallest absolute Gasteiger partial charge is 0.282 e. The minimum atomic E-state index is -0.312. The predicted molar refractivity (Wildman–Crippen MR) is 80.6 cm³/mol. The van der Waals surface area contributed by atoms with Crippen LogP contribution in [0.25, 0.3) is 0 Å². The summed E-state index contributed by atoms with van der Waals surface area (Å²) in [6, 6.07) is 10.2. The minimum Gasteiger partial charge on any atom is -0.374 e. The lowest BCUT2D eigenvalue weighted by atomic mass is 9.95. The van der Waals surface area contributed by atoms with Crippen molar-refractivity contribution in [1.82, 2.24) is 15.5 Å². The molecular weight excluding hydrogens is 272 g/mol. The van der Waals surface area contributed by atoms with Crippen molar-refractivity contribution in [3.8, 4) is 0 Å². The Labute approximate surface area is 122 Å². The van der Waals surface area contributed by atoms with Crippen LogP contribution < -0.4 is 11.1 Å². The molecule has 1 aromatic heterocycles. The van der Waals surface area contributed by atoms with Crippen LogP contribution in [-0.2, 0) is 6.42 Å². The molecule has 6 heteroatoms. The van der Waals surface area contributed by atoms with E-state index in [1.54, 1.807) is 0 Å². The molecule has 106 valence electrons. The van der Waals surface area contributed by atoms with Gasteiger partial charge in [0.05, 0.1) is 0 Å². The first kappa shape index (κ1) is 14.5. The molecular formula is C14H18N4OS. The number of aryl methyl sites for hydroxylation is 1. The topological polar surface area (TPSA) is 80.9 Å². The van der Waals surface area contributed by atoms with Gasteiger partial charge in [0.15, 0.2) is 0 Å². The van der Waals surface area contributed by atoms with Crippen molar-refractivity contribution < 1.29 is 4.79 Å². The average molecular weight is 290 g/mol. The summed E-state index contributed by atoms with van der Waals surface area (Å²) in [6.07, 6.45) is 1.75. The van der Waals surface area contributed by atoms with Crippen molar-refractivity contribution >= 4 is 22.4 Å². The summed E-state index contributed by atoms with van der Waals surface area (Å²) in [5, 5.41) is 11.0. The molecule has 2 aromatic rings. The summed E-state index contributed by atoms with van der Waals surface area (Å²) in [5.74, 6) is -0.225. The molecule has 0 spiro atoms. The normalized spacial score (nSPS) is 11.3. The van der Waals surface area contributed by atoms with E-state index in [9.17, 15) is 4.79 Å². The largest absolute Gasteiger partial charge is 0.374 e. The molecule has 0 aliphatic heterocycles. The number of aromatic nitrogens is 2. The second kappa shape index (κ2) is 6.00. The number of anilines is 1. The van der Waals surface area contributed by atoms with Crippen LogP contribution in [0.2, 0.25) is 0 Å². The molecule has 0 fully saturated rings. The van der Waals surface area contributed by atoms with Crippen molar-refractivity contribution in [2.75, 3.05) is 5.73 Å². The summed E-state index contributed by atoms with van der Waals surface area (Å²) in [7, 11) is 0. The van der Waals surface area contributed by atoms with Crippen LogP contribution in [0, 0.1) is 0 Å². The van der Waals surface area contributed by atoms with Gasteiger partial charge in [0, 0.05) is 5.54 Å². The van der Waals surface area contributed by atoms with E-state index in [1.165, 1.54) is 5.56 Å². The molecule has 0 bridgehead atoms. The van der Waals surface area contributed by atoms with Gasteiger partial charge in [-0.25, -0.2) is 0 Å². The molecule has 0 aliphatic rings. The molecule has 5 nitrogen and oxygen atoms in total. The highest BCUT2D eigenvalue weighted by Crippen LogP contribution is 2.16. The van der Waals surface area contributed by atoms with Crippen LogP contribution in [0.15, 0.2) is 30.3 Å². The van der Waals surface area contributed by atoms with E-state index in [4.69, 9.17) is 5.73 Å². The molecule has 0 saturated heterocycles. The Morgan fingerprint density at radius 3 is 2.60 bits per heavy atom. The molecule has 2 rings (SSSR count). The van der Waals surface area contributed by atoms with E-state index in [-0.39, 0.29) is 11.4 Å². The average Bonchev–Trinajstić information content (AvgIpc) is 2.84. The van der Waals surface area contributed by atoms with Crippen molar-refractivity contribution in [3.05, 3.63) is 40.9 Å². The summed E-state index contributed by atoms with van der Waals surface area (Å²) in [6.45, 7) is 4.00. The number of hydrogen-bond donors (Lipinski definition) is 2. The number of nitrogens with zero attached hydrogens (tertiary/aromatic N) is 2. The molecule has 0 aliphatic carbocycles. The Kier molecular flexibility index (Phi) is 4.34. The minimum absolute atomic E-state index is 0.225. The van der Waals surface area contributed by atoms with Crippen molar-refractivity contribution in [3.63, 3.8) is 0 Å². The van der Waals surface area contributed by atoms with E-state index in [2.05, 4.69) is 27.6 Å². The lowest BCUT2D eigenvalue weighted by Crippen LogP contribution is -2.43. The molecule has 1 heterocycles. The van der Waals surface area contributed by atoms with E-state index >= 15 is 0 Å². The number of nitrogen functional groups attached to an aromatic ring is 1. The Balaban J connectivity index is 1.92.